The Bertz CT molecular complexity index is 247. The highest BCUT2D eigenvalue weighted by Crippen LogP contribution is 2.29. The molecule has 1 rings (SSSR count). The molecule has 1 aliphatic rings. The molecule has 1 fully saturated rings. The second kappa shape index (κ2) is 7.78. The van der Waals surface area contributed by atoms with Gasteiger partial charge in [-0.15, -0.1) is 0 Å². The first kappa shape index (κ1) is 15.5. The fraction of sp³-hybridized carbons (Fsp3) is 0.933. The van der Waals surface area contributed by atoms with Crippen LogP contribution in [0.15, 0.2) is 0 Å². The summed E-state index contributed by atoms with van der Waals surface area (Å²) in [4.78, 5) is 11.2. The van der Waals surface area contributed by atoms with Crippen molar-refractivity contribution in [3.63, 3.8) is 0 Å². The average Bonchev–Trinajstić information content (AvgIpc) is 2.81. The van der Waals surface area contributed by atoms with E-state index in [2.05, 4.69) is 26.1 Å². The molecule has 0 amide bonds. The lowest BCUT2D eigenvalue weighted by molar-refractivity contribution is -0.142. The van der Waals surface area contributed by atoms with Gasteiger partial charge in [-0.2, -0.15) is 0 Å². The molecule has 0 bridgehead atoms. The van der Waals surface area contributed by atoms with Crippen LogP contribution >= 0.6 is 0 Å². The molecule has 0 spiro atoms. The molecular formula is C15H29NO2. The van der Waals surface area contributed by atoms with Crippen molar-refractivity contribution in [2.45, 2.75) is 65.3 Å². The van der Waals surface area contributed by atoms with Crippen molar-refractivity contribution >= 4 is 5.97 Å². The molecule has 0 radical (unpaired) electrons. The molecule has 0 heterocycles. The lowest BCUT2D eigenvalue weighted by Gasteiger charge is -2.25. The first-order chi connectivity index (χ1) is 8.54. The van der Waals surface area contributed by atoms with Crippen LogP contribution in [-0.2, 0) is 4.79 Å². The topological polar surface area (TPSA) is 49.3 Å². The zero-order valence-electron chi connectivity index (χ0n) is 12.1. The SMILES string of the molecule is CCC(NCC(CC(C)C)C(=O)O)C1CCCC1. The summed E-state index contributed by atoms with van der Waals surface area (Å²) < 4.78 is 0. The second-order valence-corrected chi connectivity index (χ2v) is 6.13. The summed E-state index contributed by atoms with van der Waals surface area (Å²) in [6, 6.07) is 0.515. The van der Waals surface area contributed by atoms with E-state index in [-0.39, 0.29) is 5.92 Å². The Morgan fingerprint density at radius 3 is 2.39 bits per heavy atom. The second-order valence-electron chi connectivity index (χ2n) is 6.13. The van der Waals surface area contributed by atoms with E-state index in [1.54, 1.807) is 0 Å². The number of rotatable bonds is 8. The van der Waals surface area contributed by atoms with Gasteiger partial charge in [0.05, 0.1) is 5.92 Å². The quantitative estimate of drug-likeness (QED) is 0.699. The van der Waals surface area contributed by atoms with Gasteiger partial charge >= 0.3 is 5.97 Å². The molecule has 1 saturated carbocycles. The Kier molecular flexibility index (Phi) is 6.69. The van der Waals surface area contributed by atoms with Crippen molar-refractivity contribution < 1.29 is 9.90 Å². The molecule has 106 valence electrons. The van der Waals surface area contributed by atoms with Gasteiger partial charge in [0.25, 0.3) is 0 Å². The summed E-state index contributed by atoms with van der Waals surface area (Å²) in [6.45, 7) is 7.01. The summed E-state index contributed by atoms with van der Waals surface area (Å²) in [5.41, 5.74) is 0. The maximum absolute atomic E-state index is 11.2. The molecule has 0 aromatic rings. The maximum atomic E-state index is 11.2. The van der Waals surface area contributed by atoms with Crippen LogP contribution in [0.2, 0.25) is 0 Å². The van der Waals surface area contributed by atoms with Gasteiger partial charge in [0, 0.05) is 12.6 Å². The summed E-state index contributed by atoms with van der Waals surface area (Å²) in [5.74, 6) is 0.320. The highest BCUT2D eigenvalue weighted by molar-refractivity contribution is 5.70. The van der Waals surface area contributed by atoms with Gasteiger partial charge in [-0.1, -0.05) is 33.6 Å². The van der Waals surface area contributed by atoms with E-state index in [1.165, 1.54) is 25.7 Å². The number of aliphatic carboxylic acids is 1. The van der Waals surface area contributed by atoms with Crippen molar-refractivity contribution in [1.29, 1.82) is 0 Å². The van der Waals surface area contributed by atoms with E-state index in [0.717, 1.165) is 18.8 Å². The summed E-state index contributed by atoms with van der Waals surface area (Å²) in [5, 5.41) is 12.8. The Morgan fingerprint density at radius 1 is 1.33 bits per heavy atom. The molecule has 2 unspecified atom stereocenters. The largest absolute Gasteiger partial charge is 0.481 e. The van der Waals surface area contributed by atoms with Gasteiger partial charge in [-0.3, -0.25) is 4.79 Å². The zero-order chi connectivity index (χ0) is 13.5. The van der Waals surface area contributed by atoms with Gasteiger partial charge in [0.1, 0.15) is 0 Å². The number of hydrogen-bond acceptors (Lipinski definition) is 2. The molecule has 1 aliphatic carbocycles. The highest BCUT2D eigenvalue weighted by Gasteiger charge is 2.25. The van der Waals surface area contributed by atoms with Crippen molar-refractivity contribution in [1.82, 2.24) is 5.32 Å². The number of carbonyl (C=O) groups is 1. The maximum Gasteiger partial charge on any atom is 0.307 e. The standard InChI is InChI=1S/C15H29NO2/c1-4-14(12-7-5-6-8-12)16-10-13(15(17)18)9-11(2)3/h11-14,16H,4-10H2,1-3H3,(H,17,18). The predicted molar refractivity (Wildman–Crippen MR) is 74.6 cm³/mol. The normalized spacial score (nSPS) is 20.2. The monoisotopic (exact) mass is 255 g/mol. The summed E-state index contributed by atoms with van der Waals surface area (Å²) in [6.07, 6.45) is 7.19. The summed E-state index contributed by atoms with van der Waals surface area (Å²) >= 11 is 0. The number of nitrogens with one attached hydrogen (secondary N) is 1. The highest BCUT2D eigenvalue weighted by atomic mass is 16.4. The van der Waals surface area contributed by atoms with E-state index in [0.29, 0.717) is 18.5 Å². The van der Waals surface area contributed by atoms with Crippen LogP contribution in [0.5, 0.6) is 0 Å². The number of hydrogen-bond donors (Lipinski definition) is 2. The molecule has 18 heavy (non-hydrogen) atoms. The van der Waals surface area contributed by atoms with E-state index >= 15 is 0 Å². The van der Waals surface area contributed by atoms with Crippen molar-refractivity contribution in [3.05, 3.63) is 0 Å². The minimum absolute atomic E-state index is 0.236. The zero-order valence-corrected chi connectivity index (χ0v) is 12.1. The van der Waals surface area contributed by atoms with Gasteiger partial charge in [0.15, 0.2) is 0 Å². The number of carboxylic acids is 1. The first-order valence-corrected chi connectivity index (χ1v) is 7.50. The lowest BCUT2D eigenvalue weighted by atomic mass is 9.93. The van der Waals surface area contributed by atoms with E-state index < -0.39 is 5.97 Å². The van der Waals surface area contributed by atoms with Crippen molar-refractivity contribution in [2.75, 3.05) is 6.54 Å². The third-order valence-electron chi connectivity index (χ3n) is 4.14. The molecule has 3 nitrogen and oxygen atoms in total. The average molecular weight is 255 g/mol. The molecule has 0 aromatic carbocycles. The Balaban J connectivity index is 2.40. The third-order valence-corrected chi connectivity index (χ3v) is 4.14. The van der Waals surface area contributed by atoms with Crippen LogP contribution in [-0.4, -0.2) is 23.7 Å². The van der Waals surface area contributed by atoms with Gasteiger partial charge in [-0.05, 0) is 37.5 Å². The third kappa shape index (κ3) is 4.97. The Labute approximate surface area is 111 Å². The van der Waals surface area contributed by atoms with E-state index in [9.17, 15) is 9.90 Å². The van der Waals surface area contributed by atoms with E-state index in [1.807, 2.05) is 0 Å². The fourth-order valence-electron chi connectivity index (χ4n) is 3.14. The van der Waals surface area contributed by atoms with Crippen LogP contribution in [0.25, 0.3) is 0 Å². The minimum atomic E-state index is -0.655. The smallest absolute Gasteiger partial charge is 0.307 e. The van der Waals surface area contributed by atoms with E-state index in [4.69, 9.17) is 0 Å². The summed E-state index contributed by atoms with van der Waals surface area (Å²) in [7, 11) is 0. The van der Waals surface area contributed by atoms with Crippen molar-refractivity contribution in [3.8, 4) is 0 Å². The molecule has 2 N–H and O–H groups in total. The molecule has 0 aliphatic heterocycles. The van der Waals surface area contributed by atoms with Gasteiger partial charge in [-0.25, -0.2) is 0 Å². The van der Waals surface area contributed by atoms with Gasteiger partial charge < -0.3 is 10.4 Å². The van der Waals surface area contributed by atoms with Crippen LogP contribution in [0.1, 0.15) is 59.3 Å². The Morgan fingerprint density at radius 2 is 1.94 bits per heavy atom. The number of carboxylic acid groups (broad SMARTS) is 1. The van der Waals surface area contributed by atoms with Crippen LogP contribution in [0, 0.1) is 17.8 Å². The first-order valence-electron chi connectivity index (χ1n) is 7.50. The molecular weight excluding hydrogens is 226 g/mol. The van der Waals surface area contributed by atoms with Crippen molar-refractivity contribution in [2.24, 2.45) is 17.8 Å². The van der Waals surface area contributed by atoms with Crippen LogP contribution in [0.4, 0.5) is 0 Å². The molecule has 2 atom stereocenters. The predicted octanol–water partition coefficient (Wildman–Crippen LogP) is 3.29. The molecule has 0 aromatic heterocycles. The van der Waals surface area contributed by atoms with Gasteiger partial charge in [0.2, 0.25) is 0 Å². The van der Waals surface area contributed by atoms with Crippen LogP contribution in [0.3, 0.4) is 0 Å². The lowest BCUT2D eigenvalue weighted by Crippen LogP contribution is -2.40. The minimum Gasteiger partial charge on any atom is -0.481 e. The Hall–Kier alpha value is -0.570. The van der Waals surface area contributed by atoms with Crippen LogP contribution < -0.4 is 5.32 Å². The fourth-order valence-corrected chi connectivity index (χ4v) is 3.14. The molecule has 0 saturated heterocycles. The molecule has 3 heteroatoms.